The van der Waals surface area contributed by atoms with Crippen LogP contribution in [0.2, 0.25) is 0 Å². The van der Waals surface area contributed by atoms with Crippen LogP contribution in [0.4, 0.5) is 4.79 Å². The third-order valence-electron chi connectivity index (χ3n) is 2.94. The maximum absolute atomic E-state index is 11.7. The standard InChI is InChI=1S/C12H23N3O3/c1-4-13-12(17)15-11(16)9(3)14-10-5-6-18-8(2)7-10/h8-10,14H,4-7H2,1-3H3,(H2,13,15,16,17). The highest BCUT2D eigenvalue weighted by molar-refractivity contribution is 5.96. The Balaban J connectivity index is 2.32. The van der Waals surface area contributed by atoms with Gasteiger partial charge in [-0.15, -0.1) is 0 Å². The first-order valence-corrected chi connectivity index (χ1v) is 6.49. The topological polar surface area (TPSA) is 79.5 Å². The van der Waals surface area contributed by atoms with E-state index >= 15 is 0 Å². The highest BCUT2D eigenvalue weighted by atomic mass is 16.5. The minimum atomic E-state index is -0.448. The first kappa shape index (κ1) is 14.9. The van der Waals surface area contributed by atoms with E-state index in [2.05, 4.69) is 16.0 Å². The van der Waals surface area contributed by atoms with E-state index in [0.717, 1.165) is 12.8 Å². The molecule has 1 fully saturated rings. The van der Waals surface area contributed by atoms with Gasteiger partial charge in [0.25, 0.3) is 0 Å². The first-order valence-electron chi connectivity index (χ1n) is 6.49. The van der Waals surface area contributed by atoms with Crippen molar-refractivity contribution < 1.29 is 14.3 Å². The summed E-state index contributed by atoms with van der Waals surface area (Å²) in [6.07, 6.45) is 2.00. The molecule has 3 unspecified atom stereocenters. The van der Waals surface area contributed by atoms with Crippen molar-refractivity contribution in [2.75, 3.05) is 13.2 Å². The molecule has 1 rings (SSSR count). The number of carbonyl (C=O) groups excluding carboxylic acids is 2. The van der Waals surface area contributed by atoms with Crippen LogP contribution < -0.4 is 16.0 Å². The average Bonchev–Trinajstić information content (AvgIpc) is 2.29. The highest BCUT2D eigenvalue weighted by Gasteiger charge is 2.23. The third kappa shape index (κ3) is 5.01. The predicted molar refractivity (Wildman–Crippen MR) is 68.2 cm³/mol. The van der Waals surface area contributed by atoms with Crippen molar-refractivity contribution in [1.29, 1.82) is 0 Å². The fourth-order valence-corrected chi connectivity index (χ4v) is 2.00. The number of nitrogens with one attached hydrogen (secondary N) is 3. The van der Waals surface area contributed by atoms with E-state index in [1.807, 2.05) is 6.92 Å². The lowest BCUT2D eigenvalue weighted by Gasteiger charge is -2.30. The molecular formula is C12H23N3O3. The minimum absolute atomic E-state index is 0.218. The Morgan fingerprint density at radius 3 is 2.78 bits per heavy atom. The van der Waals surface area contributed by atoms with Gasteiger partial charge >= 0.3 is 6.03 Å². The number of urea groups is 1. The molecule has 3 amide bonds. The second-order valence-corrected chi connectivity index (χ2v) is 4.64. The monoisotopic (exact) mass is 257 g/mol. The van der Waals surface area contributed by atoms with Crippen LogP contribution in [0.25, 0.3) is 0 Å². The SMILES string of the molecule is CCNC(=O)NC(=O)C(C)NC1CCOC(C)C1. The van der Waals surface area contributed by atoms with Gasteiger partial charge in [-0.2, -0.15) is 0 Å². The van der Waals surface area contributed by atoms with Crippen molar-refractivity contribution in [2.45, 2.75) is 51.8 Å². The summed E-state index contributed by atoms with van der Waals surface area (Å²) < 4.78 is 5.44. The molecule has 104 valence electrons. The molecule has 6 heteroatoms. The van der Waals surface area contributed by atoms with Crippen molar-refractivity contribution in [3.8, 4) is 0 Å². The normalized spacial score (nSPS) is 25.3. The van der Waals surface area contributed by atoms with Crippen LogP contribution in [0, 0.1) is 0 Å². The fourth-order valence-electron chi connectivity index (χ4n) is 2.00. The molecule has 0 aromatic heterocycles. The van der Waals surface area contributed by atoms with Crippen LogP contribution in [0.3, 0.4) is 0 Å². The summed E-state index contributed by atoms with van der Waals surface area (Å²) in [5, 5.41) is 8.05. The lowest BCUT2D eigenvalue weighted by molar-refractivity contribution is -0.122. The molecule has 1 saturated heterocycles. The molecular weight excluding hydrogens is 234 g/mol. The van der Waals surface area contributed by atoms with E-state index < -0.39 is 6.03 Å². The molecule has 0 radical (unpaired) electrons. The molecule has 0 aliphatic carbocycles. The van der Waals surface area contributed by atoms with Crippen LogP contribution in [-0.2, 0) is 9.53 Å². The molecule has 0 saturated carbocycles. The summed E-state index contributed by atoms with van der Waals surface area (Å²) in [6.45, 7) is 6.79. The Kier molecular flexibility index (Phi) is 6.07. The second kappa shape index (κ2) is 7.33. The van der Waals surface area contributed by atoms with Gasteiger partial charge in [-0.25, -0.2) is 4.79 Å². The van der Waals surface area contributed by atoms with Crippen LogP contribution in [-0.4, -0.2) is 43.3 Å². The Morgan fingerprint density at radius 2 is 2.17 bits per heavy atom. The van der Waals surface area contributed by atoms with E-state index in [0.29, 0.717) is 13.2 Å². The Bertz CT molecular complexity index is 296. The summed E-state index contributed by atoms with van der Waals surface area (Å²) in [7, 11) is 0. The first-order chi connectivity index (χ1) is 8.52. The molecule has 0 bridgehead atoms. The van der Waals surface area contributed by atoms with E-state index in [1.165, 1.54) is 0 Å². The number of amides is 3. The summed E-state index contributed by atoms with van der Waals surface area (Å²) in [5.41, 5.74) is 0. The van der Waals surface area contributed by atoms with Crippen molar-refractivity contribution in [1.82, 2.24) is 16.0 Å². The molecule has 1 aliphatic rings. The van der Waals surface area contributed by atoms with Crippen LogP contribution >= 0.6 is 0 Å². The van der Waals surface area contributed by atoms with Gasteiger partial charge in [-0.05, 0) is 33.6 Å². The smallest absolute Gasteiger partial charge is 0.321 e. The van der Waals surface area contributed by atoms with Gasteiger partial charge in [-0.3, -0.25) is 10.1 Å². The Morgan fingerprint density at radius 1 is 1.44 bits per heavy atom. The number of rotatable bonds is 4. The lowest BCUT2D eigenvalue weighted by atomic mass is 10.0. The van der Waals surface area contributed by atoms with Gasteiger partial charge in [0.2, 0.25) is 5.91 Å². The quantitative estimate of drug-likeness (QED) is 0.680. The molecule has 1 aliphatic heterocycles. The lowest BCUT2D eigenvalue weighted by Crippen LogP contribution is -2.52. The largest absolute Gasteiger partial charge is 0.378 e. The van der Waals surface area contributed by atoms with E-state index in [4.69, 9.17) is 4.74 Å². The maximum Gasteiger partial charge on any atom is 0.321 e. The van der Waals surface area contributed by atoms with Crippen molar-refractivity contribution in [2.24, 2.45) is 0 Å². The molecule has 1 heterocycles. The molecule has 0 spiro atoms. The molecule has 6 nitrogen and oxygen atoms in total. The maximum atomic E-state index is 11.7. The zero-order valence-electron chi connectivity index (χ0n) is 11.3. The van der Waals surface area contributed by atoms with Crippen molar-refractivity contribution >= 4 is 11.9 Å². The van der Waals surface area contributed by atoms with Gasteiger partial charge in [0.1, 0.15) is 0 Å². The van der Waals surface area contributed by atoms with Gasteiger partial charge in [0.15, 0.2) is 0 Å². The van der Waals surface area contributed by atoms with E-state index in [9.17, 15) is 9.59 Å². The Labute approximate surface area is 108 Å². The molecule has 0 aromatic rings. The predicted octanol–water partition coefficient (Wildman–Crippen LogP) is 0.378. The molecule has 18 heavy (non-hydrogen) atoms. The van der Waals surface area contributed by atoms with E-state index in [-0.39, 0.29) is 24.1 Å². The van der Waals surface area contributed by atoms with Gasteiger partial charge in [-0.1, -0.05) is 0 Å². The van der Waals surface area contributed by atoms with E-state index in [1.54, 1.807) is 13.8 Å². The van der Waals surface area contributed by atoms with Gasteiger partial charge in [0, 0.05) is 19.2 Å². The summed E-state index contributed by atoms with van der Waals surface area (Å²) in [4.78, 5) is 22.9. The van der Waals surface area contributed by atoms with Gasteiger partial charge in [0.05, 0.1) is 12.1 Å². The van der Waals surface area contributed by atoms with Crippen LogP contribution in [0.15, 0.2) is 0 Å². The zero-order valence-corrected chi connectivity index (χ0v) is 11.3. The summed E-state index contributed by atoms with van der Waals surface area (Å²) in [6, 6.07) is -0.567. The fraction of sp³-hybridized carbons (Fsp3) is 0.833. The highest BCUT2D eigenvalue weighted by Crippen LogP contribution is 2.13. The number of ether oxygens (including phenoxy) is 1. The minimum Gasteiger partial charge on any atom is -0.378 e. The molecule has 3 N–H and O–H groups in total. The molecule has 3 atom stereocenters. The third-order valence-corrected chi connectivity index (χ3v) is 2.94. The molecule has 0 aromatic carbocycles. The summed E-state index contributed by atoms with van der Waals surface area (Å²) >= 11 is 0. The average molecular weight is 257 g/mol. The number of carbonyl (C=O) groups is 2. The van der Waals surface area contributed by atoms with Crippen molar-refractivity contribution in [3.63, 3.8) is 0 Å². The van der Waals surface area contributed by atoms with Gasteiger partial charge < -0.3 is 15.4 Å². The van der Waals surface area contributed by atoms with Crippen LogP contribution in [0.5, 0.6) is 0 Å². The zero-order chi connectivity index (χ0) is 13.5. The Hall–Kier alpha value is -1.14. The number of hydrogen-bond acceptors (Lipinski definition) is 4. The summed E-state index contributed by atoms with van der Waals surface area (Å²) in [5.74, 6) is -0.305. The van der Waals surface area contributed by atoms with Crippen LogP contribution in [0.1, 0.15) is 33.6 Å². The second-order valence-electron chi connectivity index (χ2n) is 4.64. The number of hydrogen-bond donors (Lipinski definition) is 3. The van der Waals surface area contributed by atoms with Crippen molar-refractivity contribution in [3.05, 3.63) is 0 Å². The number of imide groups is 1.